The topological polar surface area (TPSA) is 70.1 Å². The Morgan fingerprint density at radius 1 is 1.29 bits per heavy atom. The predicted molar refractivity (Wildman–Crippen MR) is 53.6 cm³/mol. The van der Waals surface area contributed by atoms with Crippen molar-refractivity contribution in [3.63, 3.8) is 0 Å². The van der Waals surface area contributed by atoms with Crippen molar-refractivity contribution in [3.05, 3.63) is 34.1 Å². The van der Waals surface area contributed by atoms with Gasteiger partial charge in [-0.3, -0.25) is 10.2 Å². The number of rotatable bonds is 0. The van der Waals surface area contributed by atoms with Crippen LogP contribution in [0.3, 0.4) is 0 Å². The lowest BCUT2D eigenvalue weighted by Crippen LogP contribution is -2.13. The normalized spacial score (nSPS) is 12.9. The van der Waals surface area contributed by atoms with Gasteiger partial charge >= 0.3 is 0 Å². The van der Waals surface area contributed by atoms with Crippen molar-refractivity contribution < 1.29 is 0 Å². The molecule has 0 saturated carbocycles. The summed E-state index contributed by atoms with van der Waals surface area (Å²) in [6, 6.07) is 5.50. The number of H-pyrrole nitrogens is 1. The van der Waals surface area contributed by atoms with Crippen LogP contribution < -0.4 is 11.0 Å². The molecule has 2 aromatic rings. The monoisotopic (exact) mass is 186 g/mol. The molecule has 14 heavy (non-hydrogen) atoms. The molecule has 0 spiro atoms. The van der Waals surface area contributed by atoms with E-state index in [0.717, 1.165) is 10.9 Å². The molecule has 0 fully saturated rings. The number of anilines is 1. The Morgan fingerprint density at radius 2 is 2.21 bits per heavy atom. The molecule has 0 radical (unpaired) electrons. The van der Waals surface area contributed by atoms with E-state index >= 15 is 0 Å². The Hall–Kier alpha value is -2.17. The van der Waals surface area contributed by atoms with E-state index in [0.29, 0.717) is 11.2 Å². The average molecular weight is 186 g/mol. The molecule has 0 saturated heterocycles. The van der Waals surface area contributed by atoms with E-state index < -0.39 is 0 Å². The van der Waals surface area contributed by atoms with Crippen LogP contribution in [0.15, 0.2) is 28.1 Å². The predicted octanol–water partition coefficient (Wildman–Crippen LogP) is 0.682. The zero-order chi connectivity index (χ0) is 9.54. The zero-order valence-electron chi connectivity index (χ0n) is 7.11. The van der Waals surface area contributed by atoms with Gasteiger partial charge < -0.3 is 0 Å². The van der Waals surface area contributed by atoms with Gasteiger partial charge in [0, 0.05) is 10.9 Å². The third-order valence-corrected chi connectivity index (χ3v) is 2.22. The summed E-state index contributed by atoms with van der Waals surface area (Å²) >= 11 is 0. The first kappa shape index (κ1) is 7.25. The van der Waals surface area contributed by atoms with Gasteiger partial charge in [-0.1, -0.05) is 12.1 Å². The Morgan fingerprint density at radius 3 is 3.14 bits per heavy atom. The molecule has 0 amide bonds. The molecule has 68 valence electrons. The van der Waals surface area contributed by atoms with E-state index in [2.05, 4.69) is 20.7 Å². The minimum absolute atomic E-state index is 0.178. The van der Waals surface area contributed by atoms with Crippen LogP contribution in [-0.2, 0) is 0 Å². The summed E-state index contributed by atoms with van der Waals surface area (Å²) in [7, 11) is 0. The molecule has 1 aliphatic rings. The molecular weight excluding hydrogens is 180 g/mol. The van der Waals surface area contributed by atoms with Crippen LogP contribution in [0, 0.1) is 0 Å². The van der Waals surface area contributed by atoms with Crippen molar-refractivity contribution in [2.75, 3.05) is 5.43 Å². The number of aromatic nitrogens is 2. The maximum absolute atomic E-state index is 11.4. The number of benzene rings is 1. The van der Waals surface area contributed by atoms with Gasteiger partial charge in [0.2, 0.25) is 0 Å². The third-order valence-electron chi connectivity index (χ3n) is 2.22. The molecule has 2 N–H and O–H groups in total. The smallest absolute Gasteiger partial charge is 0.267 e. The second kappa shape index (κ2) is 2.41. The van der Waals surface area contributed by atoms with Crippen LogP contribution in [0.2, 0.25) is 0 Å². The average Bonchev–Trinajstić information content (AvgIpc) is 2.24. The van der Waals surface area contributed by atoms with Crippen LogP contribution in [0.1, 0.15) is 5.56 Å². The molecule has 3 rings (SSSR count). The molecule has 0 aliphatic carbocycles. The minimum Gasteiger partial charge on any atom is -0.267 e. The fraction of sp³-hybridized carbons (Fsp3) is 0. The highest BCUT2D eigenvalue weighted by Gasteiger charge is 2.11. The summed E-state index contributed by atoms with van der Waals surface area (Å²) in [4.78, 5) is 11.4. The van der Waals surface area contributed by atoms with Gasteiger partial charge in [0.25, 0.3) is 5.56 Å². The van der Waals surface area contributed by atoms with E-state index in [1.165, 1.54) is 0 Å². The molecule has 1 aromatic heterocycles. The summed E-state index contributed by atoms with van der Waals surface area (Å²) in [6.45, 7) is 0. The Balaban J connectivity index is 2.63. The first-order chi connectivity index (χ1) is 6.86. The van der Waals surface area contributed by atoms with Gasteiger partial charge in [-0.2, -0.15) is 10.2 Å². The van der Waals surface area contributed by atoms with E-state index in [1.54, 1.807) is 12.3 Å². The number of hydrogen-bond donors (Lipinski definition) is 2. The molecule has 0 unspecified atom stereocenters. The van der Waals surface area contributed by atoms with Crippen LogP contribution in [0.5, 0.6) is 0 Å². The summed E-state index contributed by atoms with van der Waals surface area (Å²) < 4.78 is 0. The quantitative estimate of drug-likeness (QED) is 0.635. The lowest BCUT2D eigenvalue weighted by Gasteiger charge is -2.10. The van der Waals surface area contributed by atoms with E-state index in [4.69, 9.17) is 0 Å². The van der Waals surface area contributed by atoms with Crippen LogP contribution in [-0.4, -0.2) is 16.4 Å². The fourth-order valence-electron chi connectivity index (χ4n) is 1.60. The van der Waals surface area contributed by atoms with Crippen molar-refractivity contribution in [3.8, 4) is 0 Å². The standard InChI is InChI=1S/C9H6N4O/c14-9-6-3-1-2-5-4-10-11-8(7(5)6)12-13-9/h1-4H,(H,11,12)(H,13,14). The fourth-order valence-corrected chi connectivity index (χ4v) is 1.60. The largest absolute Gasteiger partial charge is 0.272 e. The van der Waals surface area contributed by atoms with Gasteiger partial charge in [-0.25, -0.2) is 5.10 Å². The highest BCUT2D eigenvalue weighted by Crippen LogP contribution is 2.23. The number of hydrogen-bond acceptors (Lipinski definition) is 4. The lowest BCUT2D eigenvalue weighted by atomic mass is 10.1. The summed E-state index contributed by atoms with van der Waals surface area (Å²) in [5.41, 5.74) is 3.48. The van der Waals surface area contributed by atoms with Gasteiger partial charge in [-0.15, -0.1) is 0 Å². The molecule has 0 bridgehead atoms. The van der Waals surface area contributed by atoms with Crippen molar-refractivity contribution in [2.24, 2.45) is 5.10 Å². The molecule has 1 aliphatic heterocycles. The highest BCUT2D eigenvalue weighted by atomic mass is 16.1. The second-order valence-electron chi connectivity index (χ2n) is 3.04. The van der Waals surface area contributed by atoms with Crippen LogP contribution in [0.25, 0.3) is 10.8 Å². The van der Waals surface area contributed by atoms with E-state index in [-0.39, 0.29) is 5.56 Å². The van der Waals surface area contributed by atoms with Gasteiger partial charge in [0.05, 0.1) is 11.6 Å². The molecule has 0 atom stereocenters. The Labute approximate surface area is 78.5 Å². The van der Waals surface area contributed by atoms with E-state index in [1.807, 2.05) is 12.1 Å². The maximum Gasteiger partial charge on any atom is 0.272 e. The summed E-state index contributed by atoms with van der Waals surface area (Å²) in [6.07, 6.45) is 1.68. The van der Waals surface area contributed by atoms with Crippen LogP contribution >= 0.6 is 0 Å². The first-order valence-corrected chi connectivity index (χ1v) is 4.17. The molecule has 5 nitrogen and oxygen atoms in total. The number of nitrogens with zero attached hydrogens (tertiary/aromatic N) is 2. The number of nitrogens with one attached hydrogen (secondary N) is 2. The molecule has 1 aromatic carbocycles. The van der Waals surface area contributed by atoms with Gasteiger partial charge in [0.1, 0.15) is 0 Å². The van der Waals surface area contributed by atoms with Crippen molar-refractivity contribution >= 4 is 22.8 Å². The third kappa shape index (κ3) is 0.806. The first-order valence-electron chi connectivity index (χ1n) is 4.17. The van der Waals surface area contributed by atoms with Crippen molar-refractivity contribution in [2.45, 2.75) is 0 Å². The molecule has 5 heteroatoms. The van der Waals surface area contributed by atoms with Gasteiger partial charge in [-0.05, 0) is 6.07 Å². The Bertz CT molecular complexity index is 599. The maximum atomic E-state index is 11.4. The Kier molecular flexibility index (Phi) is 1.25. The molecular formula is C9H6N4O. The minimum atomic E-state index is -0.178. The number of aromatic amines is 1. The van der Waals surface area contributed by atoms with Crippen molar-refractivity contribution in [1.82, 2.24) is 10.2 Å². The SMILES string of the molecule is O=c1[nH]nc2c3c(cccc13)C=NN2. The second-order valence-corrected chi connectivity index (χ2v) is 3.04. The highest BCUT2D eigenvalue weighted by molar-refractivity contribution is 6.06. The summed E-state index contributed by atoms with van der Waals surface area (Å²) in [5, 5.41) is 11.7. The zero-order valence-corrected chi connectivity index (χ0v) is 7.11. The number of hydrazone groups is 1. The van der Waals surface area contributed by atoms with Crippen LogP contribution in [0.4, 0.5) is 5.82 Å². The molecule has 2 heterocycles. The lowest BCUT2D eigenvalue weighted by molar-refractivity contribution is 1.00. The van der Waals surface area contributed by atoms with Gasteiger partial charge in [0.15, 0.2) is 5.82 Å². The summed E-state index contributed by atoms with van der Waals surface area (Å²) in [5.74, 6) is 0.595. The van der Waals surface area contributed by atoms with E-state index in [9.17, 15) is 4.79 Å². The van der Waals surface area contributed by atoms with Crippen molar-refractivity contribution in [1.29, 1.82) is 0 Å².